The number of hydrogen-bond donors (Lipinski definition) is 1. The molecule has 1 aliphatic heterocycles. The van der Waals surface area contributed by atoms with E-state index in [9.17, 15) is 14.7 Å². The molecule has 1 N–H and O–H groups in total. The molecule has 1 aliphatic carbocycles. The summed E-state index contributed by atoms with van der Waals surface area (Å²) in [6, 6.07) is 8.08. The lowest BCUT2D eigenvalue weighted by Gasteiger charge is -2.38. The summed E-state index contributed by atoms with van der Waals surface area (Å²) in [7, 11) is 0. The molecule has 2 aliphatic rings. The van der Waals surface area contributed by atoms with E-state index >= 15 is 0 Å². The van der Waals surface area contributed by atoms with Crippen molar-refractivity contribution in [3.05, 3.63) is 52.7 Å². The number of rotatable bonds is 5. The van der Waals surface area contributed by atoms with Gasteiger partial charge in [0, 0.05) is 19.0 Å². The van der Waals surface area contributed by atoms with E-state index in [0.717, 1.165) is 18.5 Å². The van der Waals surface area contributed by atoms with Gasteiger partial charge in [0.1, 0.15) is 11.7 Å². The number of piperidine rings is 1. The Balaban J connectivity index is 1.35. The number of carbonyl (C=O) groups is 1. The molecule has 2 fully saturated rings. The van der Waals surface area contributed by atoms with Crippen LogP contribution in [-0.2, 0) is 11.3 Å². The van der Waals surface area contributed by atoms with Crippen molar-refractivity contribution < 1.29 is 9.90 Å². The molecule has 8 nitrogen and oxygen atoms in total. The van der Waals surface area contributed by atoms with Gasteiger partial charge in [-0.05, 0) is 49.3 Å². The van der Waals surface area contributed by atoms with Crippen LogP contribution in [0.2, 0.25) is 0 Å². The van der Waals surface area contributed by atoms with Crippen LogP contribution in [0.3, 0.4) is 0 Å². The minimum Gasteiger partial charge on any atom is -0.388 e. The second-order valence-electron chi connectivity index (χ2n) is 9.54. The maximum Gasteiger partial charge on any atom is 0.264 e. The van der Waals surface area contributed by atoms with E-state index in [4.69, 9.17) is 0 Å². The SMILES string of the molecule is CC(C)c1ccc(-n2ncc3c(=O)n(CC4(O)CCN(C(=O)C5CC5)CC4)cnc32)cc1. The quantitative estimate of drug-likeness (QED) is 0.665. The molecule has 1 saturated heterocycles. The molecule has 5 rings (SSSR count). The smallest absolute Gasteiger partial charge is 0.264 e. The molecule has 32 heavy (non-hydrogen) atoms. The van der Waals surface area contributed by atoms with Crippen LogP contribution < -0.4 is 5.56 Å². The zero-order valence-electron chi connectivity index (χ0n) is 18.6. The van der Waals surface area contributed by atoms with Crippen molar-refractivity contribution in [1.82, 2.24) is 24.2 Å². The molecule has 3 aromatic rings. The van der Waals surface area contributed by atoms with E-state index in [0.29, 0.717) is 42.9 Å². The number of benzene rings is 1. The summed E-state index contributed by atoms with van der Waals surface area (Å²) in [5, 5.41) is 15.9. The first kappa shape index (κ1) is 20.9. The molecule has 0 spiro atoms. The van der Waals surface area contributed by atoms with Gasteiger partial charge in [0.2, 0.25) is 5.91 Å². The highest BCUT2D eigenvalue weighted by Gasteiger charge is 2.39. The van der Waals surface area contributed by atoms with Gasteiger partial charge in [-0.2, -0.15) is 5.10 Å². The predicted octanol–water partition coefficient (Wildman–Crippen LogP) is 2.47. The average Bonchev–Trinajstić information content (AvgIpc) is 3.55. The Bertz CT molecular complexity index is 1200. The number of amides is 1. The third-order valence-corrected chi connectivity index (χ3v) is 6.76. The standard InChI is InChI=1S/C24H29N5O3/c1-16(2)17-5-7-19(8-6-17)29-21-20(13-26-29)23(31)28(15-25-21)14-24(32)9-11-27(12-10-24)22(30)18-3-4-18/h5-8,13,15-16,18,32H,3-4,9-12,14H2,1-2H3. The average molecular weight is 436 g/mol. The Hall–Kier alpha value is -3.00. The van der Waals surface area contributed by atoms with Crippen LogP contribution in [0.1, 0.15) is 51.0 Å². The number of nitrogens with zero attached hydrogens (tertiary/aromatic N) is 5. The van der Waals surface area contributed by atoms with E-state index in [1.54, 1.807) is 10.9 Å². The Morgan fingerprint density at radius 1 is 1.19 bits per heavy atom. The number of carbonyl (C=O) groups excluding carboxylic acids is 1. The van der Waals surface area contributed by atoms with Crippen LogP contribution in [0, 0.1) is 5.92 Å². The highest BCUT2D eigenvalue weighted by atomic mass is 16.3. The van der Waals surface area contributed by atoms with Gasteiger partial charge in [0.15, 0.2) is 5.65 Å². The number of likely N-dealkylation sites (tertiary alicyclic amines) is 1. The van der Waals surface area contributed by atoms with Crippen LogP contribution in [-0.4, -0.2) is 53.9 Å². The maximum atomic E-state index is 13.1. The van der Waals surface area contributed by atoms with Crippen LogP contribution in [0.4, 0.5) is 0 Å². The molecule has 0 unspecified atom stereocenters. The van der Waals surface area contributed by atoms with E-state index in [2.05, 4.69) is 36.1 Å². The lowest BCUT2D eigenvalue weighted by molar-refractivity contribution is -0.137. The zero-order chi connectivity index (χ0) is 22.5. The molecule has 1 saturated carbocycles. The highest BCUT2D eigenvalue weighted by molar-refractivity contribution is 5.81. The van der Waals surface area contributed by atoms with Crippen molar-refractivity contribution in [2.45, 2.75) is 57.6 Å². The van der Waals surface area contributed by atoms with E-state index in [-0.39, 0.29) is 23.9 Å². The highest BCUT2D eigenvalue weighted by Crippen LogP contribution is 2.33. The van der Waals surface area contributed by atoms with Gasteiger partial charge in [-0.3, -0.25) is 14.2 Å². The molecule has 1 aromatic carbocycles. The van der Waals surface area contributed by atoms with Crippen molar-refractivity contribution in [3.63, 3.8) is 0 Å². The third-order valence-electron chi connectivity index (χ3n) is 6.76. The van der Waals surface area contributed by atoms with Crippen LogP contribution in [0.25, 0.3) is 16.7 Å². The summed E-state index contributed by atoms with van der Waals surface area (Å²) in [6.07, 6.45) is 5.91. The van der Waals surface area contributed by atoms with Crippen molar-refractivity contribution in [3.8, 4) is 5.69 Å². The van der Waals surface area contributed by atoms with Crippen LogP contribution in [0.15, 0.2) is 41.6 Å². The number of aliphatic hydroxyl groups is 1. The first-order valence-electron chi connectivity index (χ1n) is 11.4. The van der Waals surface area contributed by atoms with Crippen molar-refractivity contribution in [2.24, 2.45) is 5.92 Å². The molecule has 8 heteroatoms. The lowest BCUT2D eigenvalue weighted by atomic mass is 9.91. The summed E-state index contributed by atoms with van der Waals surface area (Å²) >= 11 is 0. The molecule has 1 amide bonds. The van der Waals surface area contributed by atoms with Crippen molar-refractivity contribution in [1.29, 1.82) is 0 Å². The summed E-state index contributed by atoms with van der Waals surface area (Å²) in [6.45, 7) is 5.51. The summed E-state index contributed by atoms with van der Waals surface area (Å²) in [5.74, 6) is 0.836. The van der Waals surface area contributed by atoms with E-state index < -0.39 is 5.60 Å². The Kier molecular flexibility index (Phi) is 5.12. The van der Waals surface area contributed by atoms with E-state index in [1.807, 2.05) is 17.0 Å². The Morgan fingerprint density at radius 2 is 1.88 bits per heavy atom. The number of hydrogen-bond acceptors (Lipinski definition) is 5. The third kappa shape index (κ3) is 3.83. The van der Waals surface area contributed by atoms with Gasteiger partial charge in [-0.1, -0.05) is 26.0 Å². The molecule has 0 radical (unpaired) electrons. The summed E-state index contributed by atoms with van der Waals surface area (Å²) < 4.78 is 3.14. The van der Waals surface area contributed by atoms with Crippen LogP contribution >= 0.6 is 0 Å². The van der Waals surface area contributed by atoms with Gasteiger partial charge < -0.3 is 10.0 Å². The fraction of sp³-hybridized carbons (Fsp3) is 0.500. The van der Waals surface area contributed by atoms with Gasteiger partial charge in [-0.25, -0.2) is 9.67 Å². The monoisotopic (exact) mass is 435 g/mol. The molecular weight excluding hydrogens is 406 g/mol. The fourth-order valence-electron chi connectivity index (χ4n) is 4.46. The maximum absolute atomic E-state index is 13.1. The molecule has 0 bridgehead atoms. The molecular formula is C24H29N5O3. The summed E-state index contributed by atoms with van der Waals surface area (Å²) in [4.78, 5) is 31.7. The Morgan fingerprint density at radius 3 is 2.50 bits per heavy atom. The fourth-order valence-corrected chi connectivity index (χ4v) is 4.46. The van der Waals surface area contributed by atoms with Gasteiger partial charge in [-0.15, -0.1) is 0 Å². The lowest BCUT2D eigenvalue weighted by Crippen LogP contribution is -2.50. The largest absolute Gasteiger partial charge is 0.388 e. The second-order valence-corrected chi connectivity index (χ2v) is 9.54. The van der Waals surface area contributed by atoms with E-state index in [1.165, 1.54) is 16.5 Å². The van der Waals surface area contributed by atoms with Crippen molar-refractivity contribution >= 4 is 16.9 Å². The first-order chi connectivity index (χ1) is 15.3. The van der Waals surface area contributed by atoms with Crippen molar-refractivity contribution in [2.75, 3.05) is 13.1 Å². The van der Waals surface area contributed by atoms with Gasteiger partial charge in [0.05, 0.1) is 24.0 Å². The first-order valence-corrected chi connectivity index (χ1v) is 11.4. The van der Waals surface area contributed by atoms with Gasteiger partial charge >= 0.3 is 0 Å². The number of fused-ring (bicyclic) bond motifs is 1. The van der Waals surface area contributed by atoms with Gasteiger partial charge in [0.25, 0.3) is 5.56 Å². The number of aromatic nitrogens is 4. The predicted molar refractivity (Wildman–Crippen MR) is 121 cm³/mol. The molecule has 2 aromatic heterocycles. The Labute approximate surface area is 186 Å². The van der Waals surface area contributed by atoms with Crippen LogP contribution in [0.5, 0.6) is 0 Å². The molecule has 168 valence electrons. The molecule has 0 atom stereocenters. The zero-order valence-corrected chi connectivity index (χ0v) is 18.6. The minimum atomic E-state index is -1.03. The summed E-state index contributed by atoms with van der Waals surface area (Å²) in [5.41, 5.74) is 1.34. The second kappa shape index (κ2) is 7.85. The normalized spacial score (nSPS) is 18.4. The molecule has 3 heterocycles. The minimum absolute atomic E-state index is 0.161. The topological polar surface area (TPSA) is 93.2 Å².